The van der Waals surface area contributed by atoms with Crippen LogP contribution in [0.15, 0.2) is 6.07 Å². The Morgan fingerprint density at radius 1 is 1.36 bits per heavy atom. The molecule has 0 aliphatic heterocycles. The SMILES string of the molecule is CC(C)NC(=O)N(C)C(=O)c1c(Cl)cc(O)c(O)c1[N+](=O)O. The van der Waals surface area contributed by atoms with E-state index in [1.807, 2.05) is 0 Å². The van der Waals surface area contributed by atoms with Gasteiger partial charge in [-0.05, 0) is 13.8 Å². The van der Waals surface area contributed by atoms with Crippen LogP contribution in [0.25, 0.3) is 0 Å². The highest BCUT2D eigenvalue weighted by atomic mass is 35.5. The monoisotopic (exact) mass is 332 g/mol. The molecule has 0 heterocycles. The number of hydrogen-bond acceptors (Lipinski definition) is 5. The summed E-state index contributed by atoms with van der Waals surface area (Å²) in [4.78, 5) is 35.0. The molecular weight excluding hydrogens is 318 g/mol. The van der Waals surface area contributed by atoms with Gasteiger partial charge >= 0.3 is 11.7 Å². The summed E-state index contributed by atoms with van der Waals surface area (Å²) in [6.07, 6.45) is 0. The fourth-order valence-corrected chi connectivity index (χ4v) is 1.88. The van der Waals surface area contributed by atoms with Crippen molar-refractivity contribution in [1.82, 2.24) is 10.2 Å². The number of imide groups is 1. The third kappa shape index (κ3) is 3.37. The molecule has 4 N–H and O–H groups in total. The second-order valence-corrected chi connectivity index (χ2v) is 5.10. The lowest BCUT2D eigenvalue weighted by molar-refractivity contribution is -0.730. The number of carbonyl (C=O) groups excluding carboxylic acids is 2. The van der Waals surface area contributed by atoms with Crippen LogP contribution in [0.4, 0.5) is 10.5 Å². The quantitative estimate of drug-likeness (QED) is 0.492. The van der Waals surface area contributed by atoms with E-state index in [9.17, 15) is 24.7 Å². The van der Waals surface area contributed by atoms with Crippen molar-refractivity contribution in [1.29, 1.82) is 0 Å². The van der Waals surface area contributed by atoms with E-state index >= 15 is 0 Å². The van der Waals surface area contributed by atoms with E-state index in [0.29, 0.717) is 4.90 Å². The highest BCUT2D eigenvalue weighted by Gasteiger charge is 2.36. The van der Waals surface area contributed by atoms with Crippen LogP contribution in [0.2, 0.25) is 5.02 Å². The number of urea groups is 1. The number of hydrogen-bond donors (Lipinski definition) is 4. The number of benzene rings is 1. The number of nitrogens with zero attached hydrogens (tertiary/aromatic N) is 2. The van der Waals surface area contributed by atoms with Gasteiger partial charge in [0.05, 0.1) is 9.93 Å². The third-order valence-electron chi connectivity index (χ3n) is 2.63. The summed E-state index contributed by atoms with van der Waals surface area (Å²) in [6, 6.07) is -0.213. The van der Waals surface area contributed by atoms with Crippen molar-refractivity contribution >= 4 is 29.2 Å². The summed E-state index contributed by atoms with van der Waals surface area (Å²) in [5.41, 5.74) is -1.59. The van der Waals surface area contributed by atoms with Crippen molar-refractivity contribution in [2.75, 3.05) is 7.05 Å². The fraction of sp³-hybridized carbons (Fsp3) is 0.333. The zero-order chi connectivity index (χ0) is 17.2. The van der Waals surface area contributed by atoms with Crippen molar-refractivity contribution in [3.63, 3.8) is 0 Å². The summed E-state index contributed by atoms with van der Waals surface area (Å²) in [5, 5.41) is 30.0. The van der Waals surface area contributed by atoms with Crippen molar-refractivity contribution in [2.45, 2.75) is 19.9 Å². The molecule has 0 saturated heterocycles. The van der Waals surface area contributed by atoms with Gasteiger partial charge in [0.15, 0.2) is 5.75 Å². The van der Waals surface area contributed by atoms with Gasteiger partial charge in [-0.25, -0.2) is 10.0 Å². The number of halogens is 1. The number of carbonyl (C=O) groups is 2. The van der Waals surface area contributed by atoms with Gasteiger partial charge in [-0.3, -0.25) is 9.69 Å². The summed E-state index contributed by atoms with van der Waals surface area (Å²) in [7, 11) is 1.12. The fourth-order valence-electron chi connectivity index (χ4n) is 1.61. The van der Waals surface area contributed by atoms with Crippen LogP contribution in [0, 0.1) is 4.91 Å². The normalized spacial score (nSPS) is 10.4. The average Bonchev–Trinajstić information content (AvgIpc) is 2.39. The van der Waals surface area contributed by atoms with E-state index in [0.717, 1.165) is 13.1 Å². The lowest BCUT2D eigenvalue weighted by atomic mass is 10.1. The minimum Gasteiger partial charge on any atom is -0.504 e. The van der Waals surface area contributed by atoms with Crippen LogP contribution in [-0.4, -0.2) is 50.3 Å². The first-order valence-corrected chi connectivity index (χ1v) is 6.44. The first kappa shape index (κ1) is 17.5. The molecule has 10 heteroatoms. The minimum atomic E-state index is -1.05. The van der Waals surface area contributed by atoms with Crippen LogP contribution in [0.3, 0.4) is 0 Å². The van der Waals surface area contributed by atoms with Crippen LogP contribution in [0.1, 0.15) is 24.2 Å². The molecule has 9 nitrogen and oxygen atoms in total. The topological polar surface area (TPSA) is 130 Å². The second-order valence-electron chi connectivity index (χ2n) is 4.69. The maximum atomic E-state index is 12.3. The zero-order valence-corrected chi connectivity index (χ0v) is 12.7. The molecule has 3 amide bonds. The molecule has 0 bridgehead atoms. The van der Waals surface area contributed by atoms with Crippen molar-refractivity contribution in [3.8, 4) is 11.5 Å². The zero-order valence-electron chi connectivity index (χ0n) is 12.0. The van der Waals surface area contributed by atoms with Crippen LogP contribution >= 0.6 is 11.6 Å². The first-order chi connectivity index (χ1) is 10.1. The Morgan fingerprint density at radius 2 is 1.91 bits per heavy atom. The Hall–Kier alpha value is -2.55. The Bertz CT molecular complexity index is 646. The molecule has 22 heavy (non-hydrogen) atoms. The summed E-state index contributed by atoms with van der Waals surface area (Å²) < 4.78 is 0. The molecule has 0 aliphatic rings. The molecular formula is C12H15ClN3O6+. The van der Waals surface area contributed by atoms with Crippen molar-refractivity contribution in [3.05, 3.63) is 21.6 Å². The smallest absolute Gasteiger partial charge is 0.375 e. The van der Waals surface area contributed by atoms with Gasteiger partial charge in [-0.1, -0.05) is 11.6 Å². The number of amides is 3. The molecule has 0 unspecified atom stereocenters. The third-order valence-corrected chi connectivity index (χ3v) is 2.93. The van der Waals surface area contributed by atoms with Crippen molar-refractivity contribution in [2.24, 2.45) is 0 Å². The van der Waals surface area contributed by atoms with Crippen LogP contribution < -0.4 is 5.32 Å². The Labute approximate surface area is 130 Å². The van der Waals surface area contributed by atoms with Gasteiger partial charge in [0.1, 0.15) is 5.56 Å². The molecule has 1 aromatic rings. The average molecular weight is 333 g/mol. The maximum Gasteiger partial charge on any atom is 0.375 e. The van der Waals surface area contributed by atoms with Gasteiger partial charge in [-0.2, -0.15) is 0 Å². The molecule has 0 fully saturated rings. The lowest BCUT2D eigenvalue weighted by Crippen LogP contribution is -2.44. The van der Waals surface area contributed by atoms with E-state index in [4.69, 9.17) is 16.8 Å². The Morgan fingerprint density at radius 3 is 2.36 bits per heavy atom. The molecule has 0 radical (unpaired) electrons. The van der Waals surface area contributed by atoms with Gasteiger partial charge in [0.25, 0.3) is 10.8 Å². The highest BCUT2D eigenvalue weighted by molar-refractivity contribution is 6.35. The molecule has 0 saturated carbocycles. The van der Waals surface area contributed by atoms with E-state index in [1.165, 1.54) is 0 Å². The van der Waals surface area contributed by atoms with Gasteiger partial charge in [0, 0.05) is 19.2 Å². The van der Waals surface area contributed by atoms with Gasteiger partial charge in [0.2, 0.25) is 5.75 Å². The molecule has 0 aromatic heterocycles. The molecule has 120 valence electrons. The number of nitrogens with one attached hydrogen (secondary N) is 1. The summed E-state index contributed by atoms with van der Waals surface area (Å²) in [5.74, 6) is -2.90. The predicted molar refractivity (Wildman–Crippen MR) is 75.6 cm³/mol. The van der Waals surface area contributed by atoms with Gasteiger partial charge in [-0.15, -0.1) is 0 Å². The number of aromatic hydroxyl groups is 2. The van der Waals surface area contributed by atoms with E-state index in [-0.39, 0.29) is 6.04 Å². The molecule has 0 atom stereocenters. The Balaban J connectivity index is 3.37. The molecule has 0 aliphatic carbocycles. The number of phenols is 2. The standard InChI is InChI=1S/C12H14ClN3O6/c1-5(2)14-12(20)15(3)11(19)8-6(13)4-7(17)10(18)9(8)16(21)22/h4-5H,1-3H3,(H3-,14,17,18,19,20,21,22)/p+1. The van der Waals surface area contributed by atoms with Crippen LogP contribution in [-0.2, 0) is 0 Å². The van der Waals surface area contributed by atoms with E-state index < -0.39 is 44.6 Å². The predicted octanol–water partition coefficient (Wildman–Crippen LogP) is 1.74. The molecule has 0 spiro atoms. The van der Waals surface area contributed by atoms with Gasteiger partial charge < -0.3 is 15.5 Å². The molecule has 1 aromatic carbocycles. The first-order valence-electron chi connectivity index (χ1n) is 6.07. The maximum absolute atomic E-state index is 12.3. The largest absolute Gasteiger partial charge is 0.504 e. The minimum absolute atomic E-state index is 0.250. The summed E-state index contributed by atoms with van der Waals surface area (Å²) >= 11 is 5.77. The van der Waals surface area contributed by atoms with E-state index in [1.54, 1.807) is 13.8 Å². The number of rotatable bonds is 3. The lowest BCUT2D eigenvalue weighted by Gasteiger charge is -2.18. The second kappa shape index (κ2) is 6.48. The summed E-state index contributed by atoms with van der Waals surface area (Å²) in [6.45, 7) is 3.35. The van der Waals surface area contributed by atoms with E-state index in [2.05, 4.69) is 5.32 Å². The Kier molecular flexibility index (Phi) is 5.15. The molecule has 1 rings (SSSR count). The number of phenolic OH excluding ortho intramolecular Hbond substituents is 2. The van der Waals surface area contributed by atoms with Crippen LogP contribution in [0.5, 0.6) is 11.5 Å². The highest BCUT2D eigenvalue weighted by Crippen LogP contribution is 2.42. The van der Waals surface area contributed by atoms with Crippen molar-refractivity contribution < 1.29 is 29.9 Å².